The van der Waals surface area contributed by atoms with Crippen molar-refractivity contribution in [1.82, 2.24) is 24.9 Å². The highest BCUT2D eigenvalue weighted by molar-refractivity contribution is 5.99. The molecule has 2 aromatic carbocycles. The van der Waals surface area contributed by atoms with Crippen molar-refractivity contribution in [2.75, 3.05) is 13.1 Å². The lowest BCUT2D eigenvalue weighted by Gasteiger charge is -2.21. The summed E-state index contributed by atoms with van der Waals surface area (Å²) in [6.45, 7) is 1.54. The minimum absolute atomic E-state index is 0.202. The summed E-state index contributed by atoms with van der Waals surface area (Å²) in [6.07, 6.45) is 3.47. The molecule has 5 rings (SSSR count). The molecule has 0 atom stereocenters. The van der Waals surface area contributed by atoms with E-state index in [1.165, 1.54) is 10.7 Å². The minimum Gasteiger partial charge on any atom is -0.480 e. The van der Waals surface area contributed by atoms with Crippen molar-refractivity contribution in [3.05, 3.63) is 48.0 Å². The second kappa shape index (κ2) is 7.21. The zero-order valence-electron chi connectivity index (χ0n) is 16.6. The van der Waals surface area contributed by atoms with Crippen LogP contribution in [0.15, 0.2) is 36.5 Å². The third-order valence-electron chi connectivity index (χ3n) is 5.94. The molecule has 1 saturated heterocycles. The summed E-state index contributed by atoms with van der Waals surface area (Å²) in [5, 5.41) is 23.2. The number of rotatable bonds is 4. The number of aryl methyl sites for hydroxylation is 1. The van der Waals surface area contributed by atoms with Gasteiger partial charge in [-0.25, -0.2) is 4.39 Å². The van der Waals surface area contributed by atoms with Gasteiger partial charge in [0, 0.05) is 29.3 Å². The number of piperidine rings is 1. The number of fused-ring (bicyclic) bond motifs is 2. The predicted molar refractivity (Wildman–Crippen MR) is 112 cm³/mol. The van der Waals surface area contributed by atoms with Crippen molar-refractivity contribution in [2.45, 2.75) is 25.3 Å². The molecule has 0 bridgehead atoms. The maximum absolute atomic E-state index is 15.2. The number of carboxylic acid groups (broad SMARTS) is 1. The maximum Gasteiger partial charge on any atom is 0.325 e. The van der Waals surface area contributed by atoms with Crippen LogP contribution in [0.25, 0.3) is 32.9 Å². The molecule has 8 heteroatoms. The molecule has 3 heterocycles. The van der Waals surface area contributed by atoms with Gasteiger partial charge in [-0.15, -0.1) is 0 Å². The first-order valence-corrected chi connectivity index (χ1v) is 10.1. The quantitative estimate of drug-likeness (QED) is 0.542. The van der Waals surface area contributed by atoms with Gasteiger partial charge in [0.05, 0.1) is 22.9 Å². The Hall–Kier alpha value is -3.26. The molecule has 2 aromatic heterocycles. The Morgan fingerprint density at radius 3 is 2.80 bits per heavy atom. The Labute approximate surface area is 172 Å². The molecule has 2 N–H and O–H groups in total. The van der Waals surface area contributed by atoms with Crippen LogP contribution in [-0.4, -0.2) is 43.7 Å². The highest BCUT2D eigenvalue weighted by Gasteiger charge is 2.25. The van der Waals surface area contributed by atoms with Gasteiger partial charge in [-0.2, -0.15) is 10.2 Å². The van der Waals surface area contributed by atoms with E-state index in [4.69, 9.17) is 5.10 Å². The van der Waals surface area contributed by atoms with Crippen molar-refractivity contribution in [3.8, 4) is 11.1 Å². The number of hydrogen-bond donors (Lipinski definition) is 2. The third kappa shape index (κ3) is 3.04. The van der Waals surface area contributed by atoms with Crippen molar-refractivity contribution < 1.29 is 14.3 Å². The Morgan fingerprint density at radius 1 is 1.23 bits per heavy atom. The lowest BCUT2D eigenvalue weighted by atomic mass is 9.89. The van der Waals surface area contributed by atoms with Crippen LogP contribution in [0.3, 0.4) is 0 Å². The predicted octanol–water partition coefficient (Wildman–Crippen LogP) is 3.28. The number of benzene rings is 2. The lowest BCUT2D eigenvalue weighted by molar-refractivity contribution is -0.137. The first-order valence-electron chi connectivity index (χ1n) is 10.1. The molecule has 30 heavy (non-hydrogen) atoms. The standard InChI is InChI=1S/C22H22FN5O2/c1-27-19-10-16(17(23)9-14(19)11-25-27)15-3-2-4-18-21(15)22(13-5-7-24-8-6-13)26-28(18)12-20(29)30/h2-4,9-11,13,24H,5-8,12H2,1H3,(H,29,30). The summed E-state index contributed by atoms with van der Waals surface area (Å²) in [7, 11) is 1.83. The van der Waals surface area contributed by atoms with Gasteiger partial charge in [0.2, 0.25) is 0 Å². The number of nitrogens with zero attached hydrogens (tertiary/aromatic N) is 4. The summed E-state index contributed by atoms with van der Waals surface area (Å²) >= 11 is 0. The molecule has 154 valence electrons. The number of carbonyl (C=O) groups is 1. The summed E-state index contributed by atoms with van der Waals surface area (Å²) in [6, 6.07) is 8.90. The van der Waals surface area contributed by atoms with Crippen molar-refractivity contribution in [2.24, 2.45) is 7.05 Å². The van der Waals surface area contributed by atoms with Gasteiger partial charge in [0.25, 0.3) is 0 Å². The van der Waals surface area contributed by atoms with Crippen LogP contribution in [0.5, 0.6) is 0 Å². The van der Waals surface area contributed by atoms with Gasteiger partial charge in [-0.3, -0.25) is 14.2 Å². The molecule has 1 aliphatic rings. The average Bonchev–Trinajstić information content (AvgIpc) is 3.28. The molecular weight excluding hydrogens is 385 g/mol. The van der Waals surface area contributed by atoms with Crippen LogP contribution in [0, 0.1) is 5.82 Å². The van der Waals surface area contributed by atoms with Crippen LogP contribution in [0.4, 0.5) is 4.39 Å². The maximum atomic E-state index is 15.2. The van der Waals surface area contributed by atoms with Crippen LogP contribution in [0.2, 0.25) is 0 Å². The molecule has 0 saturated carbocycles. The van der Waals surface area contributed by atoms with Gasteiger partial charge in [-0.05, 0) is 49.7 Å². The van der Waals surface area contributed by atoms with E-state index in [2.05, 4.69) is 10.4 Å². The van der Waals surface area contributed by atoms with Crippen LogP contribution in [0.1, 0.15) is 24.5 Å². The van der Waals surface area contributed by atoms with Crippen LogP contribution >= 0.6 is 0 Å². The van der Waals surface area contributed by atoms with Crippen molar-refractivity contribution >= 4 is 27.8 Å². The number of carboxylic acids is 1. The van der Waals surface area contributed by atoms with Gasteiger partial charge in [-0.1, -0.05) is 12.1 Å². The normalized spacial score (nSPS) is 15.3. The number of nitrogens with one attached hydrogen (secondary N) is 1. The summed E-state index contributed by atoms with van der Waals surface area (Å²) in [5.74, 6) is -1.08. The topological polar surface area (TPSA) is 85.0 Å². The highest BCUT2D eigenvalue weighted by atomic mass is 19.1. The van der Waals surface area contributed by atoms with Crippen LogP contribution in [-0.2, 0) is 18.4 Å². The fourth-order valence-electron chi connectivity index (χ4n) is 4.49. The van der Waals surface area contributed by atoms with Gasteiger partial charge < -0.3 is 10.4 Å². The Bertz CT molecular complexity index is 1270. The van der Waals surface area contributed by atoms with Crippen molar-refractivity contribution in [3.63, 3.8) is 0 Å². The molecule has 0 aliphatic carbocycles. The van der Waals surface area contributed by atoms with E-state index in [0.29, 0.717) is 11.1 Å². The zero-order chi connectivity index (χ0) is 20.8. The summed E-state index contributed by atoms with van der Waals surface area (Å²) in [5.41, 5.74) is 3.62. The van der Waals surface area contributed by atoms with Crippen LogP contribution < -0.4 is 5.32 Å². The summed E-state index contributed by atoms with van der Waals surface area (Å²) in [4.78, 5) is 11.4. The molecule has 7 nitrogen and oxygen atoms in total. The average molecular weight is 407 g/mol. The Morgan fingerprint density at radius 2 is 2.03 bits per heavy atom. The number of aromatic nitrogens is 4. The second-order valence-corrected chi connectivity index (χ2v) is 7.82. The van der Waals surface area contributed by atoms with E-state index < -0.39 is 5.97 Å². The van der Waals surface area contributed by atoms with E-state index in [0.717, 1.165) is 53.5 Å². The first kappa shape index (κ1) is 18.7. The smallest absolute Gasteiger partial charge is 0.325 e. The summed E-state index contributed by atoms with van der Waals surface area (Å²) < 4.78 is 18.4. The Balaban J connectivity index is 1.78. The highest BCUT2D eigenvalue weighted by Crippen LogP contribution is 2.39. The van der Waals surface area contributed by atoms with E-state index in [9.17, 15) is 9.90 Å². The third-order valence-corrected chi connectivity index (χ3v) is 5.94. The minimum atomic E-state index is -0.954. The van der Waals surface area contributed by atoms with E-state index >= 15 is 4.39 Å². The van der Waals surface area contributed by atoms with Gasteiger partial charge in [0.15, 0.2) is 0 Å². The van der Waals surface area contributed by atoms with Crippen molar-refractivity contribution in [1.29, 1.82) is 0 Å². The van der Waals surface area contributed by atoms with E-state index in [-0.39, 0.29) is 18.3 Å². The monoisotopic (exact) mass is 407 g/mol. The van der Waals surface area contributed by atoms with Gasteiger partial charge in [0.1, 0.15) is 12.4 Å². The molecule has 0 unspecified atom stereocenters. The number of aliphatic carboxylic acids is 1. The number of hydrogen-bond acceptors (Lipinski definition) is 4. The largest absolute Gasteiger partial charge is 0.480 e. The lowest BCUT2D eigenvalue weighted by Crippen LogP contribution is -2.27. The van der Waals surface area contributed by atoms with Gasteiger partial charge >= 0.3 is 5.97 Å². The second-order valence-electron chi connectivity index (χ2n) is 7.82. The molecule has 0 amide bonds. The van der Waals surface area contributed by atoms with E-state index in [1.807, 2.05) is 31.3 Å². The Kier molecular flexibility index (Phi) is 4.51. The first-order chi connectivity index (χ1) is 14.5. The molecule has 0 spiro atoms. The zero-order valence-corrected chi connectivity index (χ0v) is 16.6. The number of halogens is 1. The SMILES string of the molecule is Cn1ncc2cc(F)c(-c3cccc4c3c(C3CCNCC3)nn4CC(=O)O)cc21. The molecule has 1 aliphatic heterocycles. The molecular formula is C22H22FN5O2. The fourth-order valence-corrected chi connectivity index (χ4v) is 4.49. The molecule has 1 fully saturated rings. The van der Waals surface area contributed by atoms with E-state index in [1.54, 1.807) is 10.9 Å². The molecule has 0 radical (unpaired) electrons. The molecule has 4 aromatic rings. The fraction of sp³-hybridized carbons (Fsp3) is 0.318.